The molecule has 0 nitrogen and oxygen atoms in total. The first-order chi connectivity index (χ1) is 0. The average Bonchev–Trinajstić information content (AvgIpc) is 0. The van der Waals surface area contributed by atoms with Gasteiger partial charge in [-0.2, -0.15) is 0 Å². The number of rotatable bonds is 0. The normalized spacial score (nSPS) is 0. The first kappa shape index (κ1) is 22.4. The summed E-state index contributed by atoms with van der Waals surface area (Å²) in [4.78, 5) is 0. The van der Waals surface area contributed by atoms with E-state index in [0.717, 1.165) is 0 Å². The van der Waals surface area contributed by atoms with Crippen molar-refractivity contribution in [1.82, 2.24) is 0 Å². The van der Waals surface area contributed by atoms with E-state index in [1.54, 1.807) is 0 Å². The molecule has 6 radical (unpaired) electrons. The molecule has 0 aliphatic heterocycles. The zero-order valence-electron chi connectivity index (χ0n) is 3.45. The maximum absolute atomic E-state index is 0. The largest absolute Gasteiger partial charge is 0 e. The molecule has 0 atom stereocenters. The molecule has 0 aliphatic carbocycles. The second-order valence-corrected chi connectivity index (χ2v) is 0. The molecule has 8 valence electrons. The van der Waals surface area contributed by atoms with E-state index in [0.29, 0.717) is 0 Å². The van der Waals surface area contributed by atoms with Crippen LogP contribution in [-0.2, 0) is 0 Å². The second-order valence-electron chi connectivity index (χ2n) is 0. The third kappa shape index (κ3) is 11.7. The smallest absolute Gasteiger partial charge is 0 e. The van der Waals surface area contributed by atoms with Crippen molar-refractivity contribution in [3.05, 3.63) is 0 Å². The van der Waals surface area contributed by atoms with Crippen LogP contribution < -0.4 is 0 Å². The predicted octanol–water partition coefficient (Wildman–Crippen LogP) is -1.52. The molecule has 0 unspecified atom stereocenters. The van der Waals surface area contributed by atoms with Crippen LogP contribution in [0.2, 0.25) is 0 Å². The topological polar surface area (TPSA) is 0 Å². The third-order valence-corrected chi connectivity index (χ3v) is 0. The van der Waals surface area contributed by atoms with Crippen molar-refractivity contribution >= 4 is 231 Å². The van der Waals surface area contributed by atoms with Gasteiger partial charge in [-0.05, 0) is 0 Å². The fourth-order valence-electron chi connectivity index (χ4n) is 0. The molecule has 0 bridgehead atoms. The molecule has 0 aromatic carbocycles. The molecule has 0 spiro atoms. The van der Waals surface area contributed by atoms with Crippen LogP contribution >= 0.6 is 0 Å². The molecule has 0 aliphatic rings. The Morgan fingerprint density at radius 3 is 0.500 bits per heavy atom. The fraction of sp³-hybridized carbons (Fsp3) is 0. The average molecular weight is 520 g/mol. The monoisotopic (exact) mass is 520 g/mol. The van der Waals surface area contributed by atoms with Gasteiger partial charge in [-0.25, -0.2) is 0 Å². The molecule has 0 saturated heterocycles. The SMILES string of the molecule is [Cs].[Cs].[Cs].[Sb]. The fourth-order valence-corrected chi connectivity index (χ4v) is 0. The Morgan fingerprint density at radius 2 is 0.500 bits per heavy atom. The van der Waals surface area contributed by atoms with Gasteiger partial charge in [0, 0.05) is 231 Å². The Balaban J connectivity index is 0. The molecule has 4 heteroatoms. The van der Waals surface area contributed by atoms with E-state index in [4.69, 9.17) is 0 Å². The van der Waals surface area contributed by atoms with Crippen molar-refractivity contribution in [2.75, 3.05) is 0 Å². The van der Waals surface area contributed by atoms with E-state index in [-0.39, 0.29) is 231 Å². The van der Waals surface area contributed by atoms with Gasteiger partial charge >= 0.3 is 0 Å². The van der Waals surface area contributed by atoms with E-state index in [1.165, 1.54) is 0 Å². The third-order valence-electron chi connectivity index (χ3n) is 0. The molecule has 0 rings (SSSR count). The molecule has 4 heavy (non-hydrogen) atoms. The number of hydrogen-bond donors (Lipinski definition) is 0. The van der Waals surface area contributed by atoms with Crippen LogP contribution in [0, 0.1) is 0 Å². The zero-order valence-corrected chi connectivity index (χ0v) is 24.8. The van der Waals surface area contributed by atoms with Crippen LogP contribution in [0.4, 0.5) is 0 Å². The Kier molecular flexibility index (Phi) is 92.7. The van der Waals surface area contributed by atoms with E-state index in [9.17, 15) is 0 Å². The first-order valence-corrected chi connectivity index (χ1v) is 0. The molecule has 0 N–H and O–H groups in total. The van der Waals surface area contributed by atoms with E-state index >= 15 is 0 Å². The van der Waals surface area contributed by atoms with Crippen LogP contribution in [0.5, 0.6) is 0 Å². The molecule has 0 amide bonds. The summed E-state index contributed by atoms with van der Waals surface area (Å²) in [5.74, 6) is 0. The summed E-state index contributed by atoms with van der Waals surface area (Å²) in [6, 6.07) is 0. The molecular formula is Cs3Sb. The van der Waals surface area contributed by atoms with Gasteiger partial charge < -0.3 is 0 Å². The molecular weight excluding hydrogens is 520 g/mol. The minimum Gasteiger partial charge on any atom is 0 e. The van der Waals surface area contributed by atoms with Crippen molar-refractivity contribution in [1.29, 1.82) is 0 Å². The van der Waals surface area contributed by atoms with Crippen molar-refractivity contribution in [3.8, 4) is 0 Å². The molecule has 0 aromatic rings. The van der Waals surface area contributed by atoms with Gasteiger partial charge in [-0.15, -0.1) is 0 Å². The van der Waals surface area contributed by atoms with Crippen molar-refractivity contribution in [2.45, 2.75) is 0 Å². The summed E-state index contributed by atoms with van der Waals surface area (Å²) in [6.45, 7) is 0. The van der Waals surface area contributed by atoms with Gasteiger partial charge in [0.1, 0.15) is 0 Å². The first-order valence-electron chi connectivity index (χ1n) is 0. The molecule has 0 aromatic heterocycles. The number of hydrogen-bond acceptors (Lipinski definition) is 0. The van der Waals surface area contributed by atoms with Crippen molar-refractivity contribution in [2.24, 2.45) is 0 Å². The zero-order chi connectivity index (χ0) is 0. The van der Waals surface area contributed by atoms with Gasteiger partial charge in [0.25, 0.3) is 0 Å². The van der Waals surface area contributed by atoms with Crippen LogP contribution in [0.3, 0.4) is 0 Å². The molecule has 0 heterocycles. The van der Waals surface area contributed by atoms with Crippen LogP contribution in [0.15, 0.2) is 0 Å². The summed E-state index contributed by atoms with van der Waals surface area (Å²) in [7, 11) is 0. The van der Waals surface area contributed by atoms with Crippen LogP contribution in [-0.4, -0.2) is 231 Å². The quantitative estimate of drug-likeness (QED) is 0.341. The summed E-state index contributed by atoms with van der Waals surface area (Å²) >= 11 is 0. The van der Waals surface area contributed by atoms with E-state index < -0.39 is 0 Å². The van der Waals surface area contributed by atoms with Crippen LogP contribution in [0.1, 0.15) is 0 Å². The Bertz CT molecular complexity index is 3.25. The van der Waals surface area contributed by atoms with Gasteiger partial charge in [-0.1, -0.05) is 0 Å². The summed E-state index contributed by atoms with van der Waals surface area (Å²) in [5, 5.41) is 0. The van der Waals surface area contributed by atoms with E-state index in [1.807, 2.05) is 0 Å². The van der Waals surface area contributed by atoms with Gasteiger partial charge in [0.05, 0.1) is 0 Å². The van der Waals surface area contributed by atoms with Crippen LogP contribution in [0.25, 0.3) is 0 Å². The molecule has 0 fully saturated rings. The Morgan fingerprint density at radius 1 is 0.500 bits per heavy atom. The second kappa shape index (κ2) is 16.5. The minimum absolute atomic E-state index is 0. The van der Waals surface area contributed by atoms with Crippen molar-refractivity contribution < 1.29 is 0 Å². The summed E-state index contributed by atoms with van der Waals surface area (Å²) in [6.07, 6.45) is 0. The van der Waals surface area contributed by atoms with Crippen molar-refractivity contribution in [3.63, 3.8) is 0 Å². The Hall–Kier alpha value is 6.97. The Labute approximate surface area is 221 Å². The standard InChI is InChI=1S/3Cs.Sb. The summed E-state index contributed by atoms with van der Waals surface area (Å²) < 4.78 is 0. The summed E-state index contributed by atoms with van der Waals surface area (Å²) in [5.41, 5.74) is 0. The maximum Gasteiger partial charge on any atom is 0 e. The maximum atomic E-state index is 0. The van der Waals surface area contributed by atoms with Gasteiger partial charge in [0.15, 0.2) is 0 Å². The molecule has 0 saturated carbocycles. The van der Waals surface area contributed by atoms with Gasteiger partial charge in [0.2, 0.25) is 0 Å². The minimum atomic E-state index is 0. The van der Waals surface area contributed by atoms with E-state index in [2.05, 4.69) is 0 Å². The van der Waals surface area contributed by atoms with Gasteiger partial charge in [-0.3, -0.25) is 0 Å². The predicted molar refractivity (Wildman–Crippen MR) is 23.0 cm³/mol.